The predicted octanol–water partition coefficient (Wildman–Crippen LogP) is 3.60. The van der Waals surface area contributed by atoms with Crippen molar-refractivity contribution in [2.75, 3.05) is 6.54 Å². The smallest absolute Gasteiger partial charge is 0.0983 e. The predicted molar refractivity (Wildman–Crippen MR) is 75.8 cm³/mol. The minimum Gasteiger partial charge on any atom is -0.364 e. The van der Waals surface area contributed by atoms with E-state index in [1.165, 1.54) is 11.1 Å². The normalized spacial score (nSPS) is 27.1. The molecule has 2 nitrogen and oxygen atoms in total. The minimum absolute atomic E-state index is 0.00205. The summed E-state index contributed by atoms with van der Waals surface area (Å²) in [6.07, 6.45) is 2.29. The number of aryl methyl sites for hydroxylation is 1. The van der Waals surface area contributed by atoms with Gasteiger partial charge in [0.05, 0.1) is 11.7 Å². The summed E-state index contributed by atoms with van der Waals surface area (Å²) < 4.78 is 6.45. The molecule has 1 aromatic carbocycles. The molecule has 2 atom stereocenters. The summed E-state index contributed by atoms with van der Waals surface area (Å²) in [6, 6.07) is 9.09. The van der Waals surface area contributed by atoms with Gasteiger partial charge in [0, 0.05) is 12.6 Å². The first kappa shape index (κ1) is 13.6. The van der Waals surface area contributed by atoms with Gasteiger partial charge < -0.3 is 10.1 Å². The molecule has 0 saturated carbocycles. The highest BCUT2D eigenvalue weighted by Crippen LogP contribution is 2.34. The number of ether oxygens (including phenoxy) is 1. The fourth-order valence-electron chi connectivity index (χ4n) is 2.65. The molecule has 1 heterocycles. The van der Waals surface area contributed by atoms with Crippen molar-refractivity contribution in [3.8, 4) is 0 Å². The van der Waals surface area contributed by atoms with Gasteiger partial charge in [-0.05, 0) is 32.3 Å². The van der Waals surface area contributed by atoms with Gasteiger partial charge in [-0.15, -0.1) is 0 Å². The fraction of sp³-hybridized carbons (Fsp3) is 0.625. The highest BCUT2D eigenvalue weighted by molar-refractivity contribution is 5.25. The van der Waals surface area contributed by atoms with Crippen molar-refractivity contribution < 1.29 is 4.74 Å². The summed E-state index contributed by atoms with van der Waals surface area (Å²) in [4.78, 5) is 0. The summed E-state index contributed by atoms with van der Waals surface area (Å²) in [5, 5.41) is 3.61. The van der Waals surface area contributed by atoms with E-state index in [4.69, 9.17) is 4.74 Å². The van der Waals surface area contributed by atoms with Crippen molar-refractivity contribution in [2.45, 2.75) is 58.3 Å². The lowest BCUT2D eigenvalue weighted by Gasteiger charge is -2.44. The van der Waals surface area contributed by atoms with E-state index in [9.17, 15) is 0 Å². The lowest BCUT2D eigenvalue weighted by atomic mass is 9.91. The molecule has 2 unspecified atom stereocenters. The molecule has 1 aromatic rings. The molecule has 1 saturated heterocycles. The third kappa shape index (κ3) is 2.60. The maximum absolute atomic E-state index is 6.45. The van der Waals surface area contributed by atoms with Crippen LogP contribution in [0.2, 0.25) is 0 Å². The van der Waals surface area contributed by atoms with Crippen LogP contribution in [0.25, 0.3) is 0 Å². The largest absolute Gasteiger partial charge is 0.364 e. The molecular weight excluding hydrogens is 222 g/mol. The van der Waals surface area contributed by atoms with E-state index < -0.39 is 0 Å². The number of hydrogen-bond acceptors (Lipinski definition) is 2. The van der Waals surface area contributed by atoms with E-state index in [0.717, 1.165) is 19.4 Å². The first-order valence-corrected chi connectivity index (χ1v) is 7.08. The molecule has 0 spiro atoms. The molecular formula is C16H25NO. The van der Waals surface area contributed by atoms with Gasteiger partial charge in [0.15, 0.2) is 0 Å². The molecule has 0 amide bonds. The zero-order valence-electron chi connectivity index (χ0n) is 12.0. The van der Waals surface area contributed by atoms with Crippen LogP contribution in [0.5, 0.6) is 0 Å². The monoisotopic (exact) mass is 247 g/mol. The van der Waals surface area contributed by atoms with Crippen molar-refractivity contribution >= 4 is 0 Å². The molecule has 2 heteroatoms. The van der Waals surface area contributed by atoms with Gasteiger partial charge in [-0.25, -0.2) is 0 Å². The Hall–Kier alpha value is -0.860. The van der Waals surface area contributed by atoms with Crippen LogP contribution in [0.1, 0.15) is 50.8 Å². The molecule has 2 rings (SSSR count). The zero-order valence-corrected chi connectivity index (χ0v) is 12.0. The maximum Gasteiger partial charge on any atom is 0.0983 e. The van der Waals surface area contributed by atoms with Gasteiger partial charge in [0.25, 0.3) is 0 Å². The van der Waals surface area contributed by atoms with E-state index in [2.05, 4.69) is 57.3 Å². The van der Waals surface area contributed by atoms with Gasteiger partial charge in [0.1, 0.15) is 0 Å². The maximum atomic E-state index is 6.45. The first-order chi connectivity index (χ1) is 8.60. The number of hydrogen-bond donors (Lipinski definition) is 1. The highest BCUT2D eigenvalue weighted by Gasteiger charge is 2.38. The molecule has 1 fully saturated rings. The summed E-state index contributed by atoms with van der Waals surface area (Å²) in [5.74, 6) is 0. The average molecular weight is 247 g/mol. The molecule has 100 valence electrons. The summed E-state index contributed by atoms with van der Waals surface area (Å²) >= 11 is 0. The van der Waals surface area contributed by atoms with E-state index in [-0.39, 0.29) is 11.7 Å². The second-order valence-corrected chi connectivity index (χ2v) is 5.51. The molecule has 0 aromatic heterocycles. The van der Waals surface area contributed by atoms with Crippen molar-refractivity contribution in [1.29, 1.82) is 0 Å². The molecule has 18 heavy (non-hydrogen) atoms. The van der Waals surface area contributed by atoms with Gasteiger partial charge in [0.2, 0.25) is 0 Å². The van der Waals surface area contributed by atoms with Crippen LogP contribution in [0, 0.1) is 6.92 Å². The number of nitrogens with one attached hydrogen (secondary N) is 1. The quantitative estimate of drug-likeness (QED) is 0.881. The lowest BCUT2D eigenvalue weighted by Crippen LogP contribution is -2.54. The molecule has 0 bridgehead atoms. The topological polar surface area (TPSA) is 21.3 Å². The summed E-state index contributed by atoms with van der Waals surface area (Å²) in [7, 11) is 0. The van der Waals surface area contributed by atoms with Gasteiger partial charge in [-0.1, -0.05) is 43.7 Å². The highest BCUT2D eigenvalue weighted by atomic mass is 16.5. The Labute approximate surface area is 111 Å². The van der Waals surface area contributed by atoms with Crippen LogP contribution in [-0.4, -0.2) is 18.2 Å². The van der Waals surface area contributed by atoms with Crippen molar-refractivity contribution in [3.63, 3.8) is 0 Å². The van der Waals surface area contributed by atoms with E-state index in [1.54, 1.807) is 0 Å². The van der Waals surface area contributed by atoms with Crippen molar-refractivity contribution in [3.05, 3.63) is 35.4 Å². The Bertz CT molecular complexity index is 381. The Kier molecular flexibility index (Phi) is 4.08. The Balaban J connectivity index is 2.22. The van der Waals surface area contributed by atoms with Crippen LogP contribution in [0.4, 0.5) is 0 Å². The third-order valence-electron chi connectivity index (χ3n) is 4.27. The standard InChI is InChI=1S/C16H25NO/c1-5-16(6-2)11-17-13(4)15(18-16)14-9-7-12(3)8-10-14/h7-10,13,15,17H,5-6,11H2,1-4H3. The number of morpholine rings is 1. The molecule has 0 aliphatic carbocycles. The van der Waals surface area contributed by atoms with Crippen LogP contribution in [0.3, 0.4) is 0 Å². The van der Waals surface area contributed by atoms with Crippen molar-refractivity contribution in [2.24, 2.45) is 0 Å². The number of rotatable bonds is 3. The van der Waals surface area contributed by atoms with Crippen LogP contribution < -0.4 is 5.32 Å². The molecule has 1 aliphatic heterocycles. The second kappa shape index (κ2) is 5.41. The summed E-state index contributed by atoms with van der Waals surface area (Å²) in [5.41, 5.74) is 2.58. The van der Waals surface area contributed by atoms with Crippen LogP contribution in [0.15, 0.2) is 24.3 Å². The molecule has 1 aliphatic rings. The SMILES string of the molecule is CCC1(CC)CNC(C)C(c2ccc(C)cc2)O1. The van der Waals surface area contributed by atoms with Gasteiger partial charge >= 0.3 is 0 Å². The molecule has 0 radical (unpaired) electrons. The van der Waals surface area contributed by atoms with Gasteiger partial charge in [-0.2, -0.15) is 0 Å². The minimum atomic E-state index is 0.00205. The Morgan fingerprint density at radius 1 is 1.22 bits per heavy atom. The third-order valence-corrected chi connectivity index (χ3v) is 4.27. The summed E-state index contributed by atoms with van der Waals surface area (Å²) in [6.45, 7) is 9.72. The lowest BCUT2D eigenvalue weighted by molar-refractivity contribution is -0.139. The van der Waals surface area contributed by atoms with Gasteiger partial charge in [-0.3, -0.25) is 0 Å². The fourth-order valence-corrected chi connectivity index (χ4v) is 2.65. The zero-order chi connectivity index (χ0) is 13.2. The van der Waals surface area contributed by atoms with Crippen LogP contribution in [-0.2, 0) is 4.74 Å². The van der Waals surface area contributed by atoms with E-state index in [1.807, 2.05) is 0 Å². The van der Waals surface area contributed by atoms with E-state index >= 15 is 0 Å². The number of benzene rings is 1. The average Bonchev–Trinajstić information content (AvgIpc) is 2.41. The Morgan fingerprint density at radius 3 is 2.39 bits per heavy atom. The first-order valence-electron chi connectivity index (χ1n) is 7.08. The Morgan fingerprint density at radius 2 is 1.83 bits per heavy atom. The van der Waals surface area contributed by atoms with Crippen molar-refractivity contribution in [1.82, 2.24) is 5.32 Å². The second-order valence-electron chi connectivity index (χ2n) is 5.51. The van der Waals surface area contributed by atoms with E-state index in [0.29, 0.717) is 6.04 Å². The molecule has 1 N–H and O–H groups in total. The van der Waals surface area contributed by atoms with Crippen LogP contribution >= 0.6 is 0 Å².